The molecule has 18 heavy (non-hydrogen) atoms. The number of rotatable bonds is 4. The van der Waals surface area contributed by atoms with Crippen molar-refractivity contribution >= 4 is 21.9 Å². The van der Waals surface area contributed by atoms with Crippen molar-refractivity contribution in [3.05, 3.63) is 28.2 Å². The molecule has 1 aromatic rings. The first-order valence-electron chi connectivity index (χ1n) is 5.87. The fraction of sp³-hybridized carbons (Fsp3) is 0.462. The summed E-state index contributed by atoms with van der Waals surface area (Å²) in [5.74, 6) is -0.307. The van der Waals surface area contributed by atoms with E-state index in [1.165, 1.54) is 12.1 Å². The third kappa shape index (κ3) is 3.23. The van der Waals surface area contributed by atoms with Gasteiger partial charge >= 0.3 is 5.97 Å². The first-order valence-corrected chi connectivity index (χ1v) is 6.66. The van der Waals surface area contributed by atoms with Gasteiger partial charge in [-0.1, -0.05) is 0 Å². The Morgan fingerprint density at radius 2 is 2.33 bits per heavy atom. The van der Waals surface area contributed by atoms with Gasteiger partial charge in [0.2, 0.25) is 0 Å². The van der Waals surface area contributed by atoms with Crippen LogP contribution >= 0.6 is 15.9 Å². The van der Waals surface area contributed by atoms with Crippen molar-refractivity contribution in [2.75, 3.05) is 6.61 Å². The second kappa shape index (κ2) is 5.71. The van der Waals surface area contributed by atoms with E-state index in [0.717, 1.165) is 12.8 Å². The van der Waals surface area contributed by atoms with Crippen molar-refractivity contribution < 1.29 is 19.4 Å². The summed E-state index contributed by atoms with van der Waals surface area (Å²) in [5.41, 5.74) is 0.236. The summed E-state index contributed by atoms with van der Waals surface area (Å²) in [6, 6.07) is 4.72. The number of ether oxygens (including phenoxy) is 2. The average Bonchev–Trinajstić information content (AvgIpc) is 2.73. The van der Waals surface area contributed by atoms with E-state index < -0.39 is 5.97 Å². The van der Waals surface area contributed by atoms with Gasteiger partial charge in [-0.25, -0.2) is 4.79 Å². The third-order valence-corrected chi connectivity index (χ3v) is 3.54. The standard InChI is InChI=1S/C13H15BrO4/c1-8-2-4-10(18-8)7-17-12-5-3-9(13(15)16)6-11(12)14/h3,5-6,8,10H,2,4,7H2,1H3,(H,15,16). The Kier molecular flexibility index (Phi) is 4.24. The lowest BCUT2D eigenvalue weighted by Gasteiger charge is -2.13. The van der Waals surface area contributed by atoms with E-state index >= 15 is 0 Å². The van der Waals surface area contributed by atoms with Crippen LogP contribution in [0, 0.1) is 0 Å². The van der Waals surface area contributed by atoms with Crippen molar-refractivity contribution in [3.8, 4) is 5.75 Å². The zero-order valence-electron chi connectivity index (χ0n) is 10.1. The molecule has 1 heterocycles. The lowest BCUT2D eigenvalue weighted by Crippen LogP contribution is -2.18. The van der Waals surface area contributed by atoms with Crippen LogP contribution in [0.5, 0.6) is 5.75 Å². The maximum atomic E-state index is 10.8. The topological polar surface area (TPSA) is 55.8 Å². The van der Waals surface area contributed by atoms with E-state index in [9.17, 15) is 4.79 Å². The van der Waals surface area contributed by atoms with Crippen LogP contribution in [0.15, 0.2) is 22.7 Å². The maximum absolute atomic E-state index is 10.8. The fourth-order valence-electron chi connectivity index (χ4n) is 1.94. The summed E-state index contributed by atoms with van der Waals surface area (Å²) >= 11 is 3.31. The molecule has 4 nitrogen and oxygen atoms in total. The van der Waals surface area contributed by atoms with Crippen molar-refractivity contribution in [2.45, 2.75) is 32.0 Å². The number of benzene rings is 1. The second-order valence-corrected chi connectivity index (χ2v) is 5.26. The largest absolute Gasteiger partial charge is 0.490 e. The molecule has 0 aromatic heterocycles. The Bertz CT molecular complexity index is 447. The SMILES string of the molecule is CC1CCC(COc2ccc(C(=O)O)cc2Br)O1. The lowest BCUT2D eigenvalue weighted by atomic mass is 10.2. The molecular formula is C13H15BrO4. The Morgan fingerprint density at radius 3 is 2.89 bits per heavy atom. The van der Waals surface area contributed by atoms with Crippen LogP contribution in [0.3, 0.4) is 0 Å². The van der Waals surface area contributed by atoms with Crippen LogP contribution in [0.4, 0.5) is 0 Å². The highest BCUT2D eigenvalue weighted by atomic mass is 79.9. The lowest BCUT2D eigenvalue weighted by molar-refractivity contribution is 0.0263. The summed E-state index contributed by atoms with van der Waals surface area (Å²) in [4.78, 5) is 10.8. The second-order valence-electron chi connectivity index (χ2n) is 4.41. The molecule has 0 amide bonds. The van der Waals surface area contributed by atoms with Crippen LogP contribution in [0.1, 0.15) is 30.1 Å². The molecule has 2 rings (SSSR count). The molecule has 2 atom stereocenters. The molecule has 1 aliphatic rings. The molecule has 0 saturated carbocycles. The molecule has 0 aliphatic carbocycles. The van der Waals surface area contributed by atoms with E-state index in [0.29, 0.717) is 22.9 Å². The maximum Gasteiger partial charge on any atom is 0.335 e. The Hall–Kier alpha value is -1.07. The van der Waals surface area contributed by atoms with Crippen LogP contribution in [-0.4, -0.2) is 29.9 Å². The Balaban J connectivity index is 1.95. The van der Waals surface area contributed by atoms with Gasteiger partial charge in [-0.15, -0.1) is 0 Å². The van der Waals surface area contributed by atoms with Crippen LogP contribution in [0.25, 0.3) is 0 Å². The van der Waals surface area contributed by atoms with Gasteiger partial charge in [0.25, 0.3) is 0 Å². The minimum atomic E-state index is -0.949. The van der Waals surface area contributed by atoms with E-state index in [-0.39, 0.29) is 11.7 Å². The van der Waals surface area contributed by atoms with E-state index in [1.54, 1.807) is 6.07 Å². The summed E-state index contributed by atoms with van der Waals surface area (Å²) in [6.07, 6.45) is 2.50. The molecule has 0 bridgehead atoms. The highest BCUT2D eigenvalue weighted by molar-refractivity contribution is 9.10. The molecule has 5 heteroatoms. The van der Waals surface area contributed by atoms with Crippen molar-refractivity contribution in [1.29, 1.82) is 0 Å². The van der Waals surface area contributed by atoms with Gasteiger partial charge in [-0.3, -0.25) is 0 Å². The van der Waals surface area contributed by atoms with Gasteiger partial charge in [0, 0.05) is 0 Å². The zero-order chi connectivity index (χ0) is 13.1. The van der Waals surface area contributed by atoms with Crippen molar-refractivity contribution in [2.24, 2.45) is 0 Å². The summed E-state index contributed by atoms with van der Waals surface area (Å²) in [7, 11) is 0. The smallest absolute Gasteiger partial charge is 0.335 e. The highest BCUT2D eigenvalue weighted by Gasteiger charge is 2.22. The number of halogens is 1. The fourth-order valence-corrected chi connectivity index (χ4v) is 2.43. The molecule has 0 radical (unpaired) electrons. The van der Waals surface area contributed by atoms with Crippen molar-refractivity contribution in [3.63, 3.8) is 0 Å². The van der Waals surface area contributed by atoms with Gasteiger partial charge < -0.3 is 14.6 Å². The number of hydrogen-bond acceptors (Lipinski definition) is 3. The Labute approximate surface area is 114 Å². The molecule has 98 valence electrons. The number of aromatic carboxylic acids is 1. The number of hydrogen-bond donors (Lipinski definition) is 1. The molecule has 2 unspecified atom stereocenters. The van der Waals surface area contributed by atoms with Gasteiger partial charge in [0.15, 0.2) is 0 Å². The van der Waals surface area contributed by atoms with Gasteiger partial charge in [-0.05, 0) is 53.9 Å². The van der Waals surface area contributed by atoms with Gasteiger partial charge in [0.1, 0.15) is 12.4 Å². The van der Waals surface area contributed by atoms with E-state index in [2.05, 4.69) is 22.9 Å². The number of carbonyl (C=O) groups is 1. The minimum Gasteiger partial charge on any atom is -0.490 e. The van der Waals surface area contributed by atoms with E-state index in [1.807, 2.05) is 0 Å². The molecule has 1 N–H and O–H groups in total. The normalized spacial score (nSPS) is 23.0. The van der Waals surface area contributed by atoms with Gasteiger partial charge in [-0.2, -0.15) is 0 Å². The predicted octanol–water partition coefficient (Wildman–Crippen LogP) is 3.09. The molecule has 1 aromatic carbocycles. The van der Waals surface area contributed by atoms with Crippen LogP contribution in [0.2, 0.25) is 0 Å². The summed E-state index contributed by atoms with van der Waals surface area (Å²) in [6.45, 7) is 2.55. The third-order valence-electron chi connectivity index (χ3n) is 2.92. The Morgan fingerprint density at radius 1 is 1.56 bits per heavy atom. The van der Waals surface area contributed by atoms with Crippen LogP contribution < -0.4 is 4.74 Å². The molecule has 1 aliphatic heterocycles. The zero-order valence-corrected chi connectivity index (χ0v) is 11.6. The van der Waals surface area contributed by atoms with E-state index in [4.69, 9.17) is 14.6 Å². The molecule has 0 spiro atoms. The summed E-state index contributed by atoms with van der Waals surface area (Å²) in [5, 5.41) is 8.85. The number of carboxylic acids is 1. The molecule has 1 saturated heterocycles. The van der Waals surface area contributed by atoms with Gasteiger partial charge in [0.05, 0.1) is 22.2 Å². The monoisotopic (exact) mass is 314 g/mol. The molecule has 1 fully saturated rings. The minimum absolute atomic E-state index is 0.131. The predicted molar refractivity (Wildman–Crippen MR) is 70.2 cm³/mol. The first kappa shape index (κ1) is 13.4. The average molecular weight is 315 g/mol. The highest BCUT2D eigenvalue weighted by Crippen LogP contribution is 2.27. The first-order chi connectivity index (χ1) is 8.56. The summed E-state index contributed by atoms with van der Waals surface area (Å²) < 4.78 is 11.9. The quantitative estimate of drug-likeness (QED) is 0.927. The van der Waals surface area contributed by atoms with Crippen LogP contribution in [-0.2, 0) is 4.74 Å². The molecular weight excluding hydrogens is 300 g/mol. The number of carboxylic acid groups (broad SMARTS) is 1. The van der Waals surface area contributed by atoms with Crippen molar-refractivity contribution in [1.82, 2.24) is 0 Å².